The molecule has 0 aliphatic rings. The summed E-state index contributed by atoms with van der Waals surface area (Å²) in [5.41, 5.74) is 2.47. The first-order valence-electron chi connectivity index (χ1n) is 6.05. The lowest BCUT2D eigenvalue weighted by Crippen LogP contribution is -1.98. The van der Waals surface area contributed by atoms with Crippen LogP contribution in [0.25, 0.3) is 16.7 Å². The maximum absolute atomic E-state index is 11.3. The van der Waals surface area contributed by atoms with Gasteiger partial charge in [-0.25, -0.2) is 9.78 Å². The lowest BCUT2D eigenvalue weighted by molar-refractivity contribution is 0.0699. The smallest absolute Gasteiger partial charge is 0.337 e. The van der Waals surface area contributed by atoms with Crippen LogP contribution in [-0.4, -0.2) is 20.6 Å². The maximum atomic E-state index is 11.3. The van der Waals surface area contributed by atoms with Crippen molar-refractivity contribution in [1.82, 2.24) is 9.55 Å². The van der Waals surface area contributed by atoms with Crippen LogP contribution in [0.4, 0.5) is 0 Å². The number of carboxylic acid groups (broad SMARTS) is 1. The van der Waals surface area contributed by atoms with E-state index in [0.29, 0.717) is 5.52 Å². The number of hydrogen-bond donors (Lipinski definition) is 1. The number of carboxylic acids is 1. The zero-order chi connectivity index (χ0) is 14.3. The van der Waals surface area contributed by atoms with Gasteiger partial charge in [-0.2, -0.15) is 0 Å². The summed E-state index contributed by atoms with van der Waals surface area (Å²) in [6, 6.07) is 13.0. The summed E-state index contributed by atoms with van der Waals surface area (Å²) < 4.78 is 2.91. The van der Waals surface area contributed by atoms with Gasteiger partial charge < -0.3 is 5.11 Å². The molecular formula is C15H11BrN2O2. The fourth-order valence-electron chi connectivity index (χ4n) is 2.33. The molecule has 0 spiro atoms. The van der Waals surface area contributed by atoms with Crippen LogP contribution in [0.1, 0.15) is 16.2 Å². The normalized spacial score (nSPS) is 10.9. The van der Waals surface area contributed by atoms with Gasteiger partial charge in [-0.15, -0.1) is 0 Å². The monoisotopic (exact) mass is 330 g/mol. The molecule has 0 fully saturated rings. The van der Waals surface area contributed by atoms with E-state index >= 15 is 0 Å². The summed E-state index contributed by atoms with van der Waals surface area (Å²) in [7, 11) is 0. The summed E-state index contributed by atoms with van der Waals surface area (Å²) in [4.78, 5) is 15.7. The third kappa shape index (κ3) is 2.00. The molecule has 0 aliphatic heterocycles. The van der Waals surface area contributed by atoms with Gasteiger partial charge in [0, 0.05) is 10.2 Å². The Kier molecular flexibility index (Phi) is 3.06. The standard InChI is InChI=1S/C15H11BrN2O2/c1-9-17-14-12(15(19)20)6-3-7-13(14)18(9)11-5-2-4-10(16)8-11/h2-8H,1H3,(H,19,20). The number of benzene rings is 2. The van der Waals surface area contributed by atoms with Crippen molar-refractivity contribution in [3.05, 3.63) is 58.3 Å². The van der Waals surface area contributed by atoms with E-state index in [1.165, 1.54) is 0 Å². The lowest BCUT2D eigenvalue weighted by atomic mass is 10.2. The summed E-state index contributed by atoms with van der Waals surface area (Å²) in [6.45, 7) is 1.87. The predicted octanol–water partition coefficient (Wildman–Crippen LogP) is 3.79. The van der Waals surface area contributed by atoms with Crippen molar-refractivity contribution in [3.63, 3.8) is 0 Å². The minimum atomic E-state index is -0.963. The second-order valence-corrected chi connectivity index (χ2v) is 5.37. The Labute approximate surface area is 123 Å². The summed E-state index contributed by atoms with van der Waals surface area (Å²) in [5.74, 6) is -0.207. The molecule has 2 aromatic carbocycles. The van der Waals surface area contributed by atoms with Crippen molar-refractivity contribution in [1.29, 1.82) is 0 Å². The minimum Gasteiger partial charge on any atom is -0.478 e. The molecule has 0 bridgehead atoms. The van der Waals surface area contributed by atoms with Crippen LogP contribution in [0.3, 0.4) is 0 Å². The van der Waals surface area contributed by atoms with Gasteiger partial charge in [0.1, 0.15) is 11.3 Å². The van der Waals surface area contributed by atoms with E-state index in [1.54, 1.807) is 12.1 Å². The van der Waals surface area contributed by atoms with Crippen molar-refractivity contribution >= 4 is 32.9 Å². The van der Waals surface area contributed by atoms with E-state index in [4.69, 9.17) is 0 Å². The van der Waals surface area contributed by atoms with Gasteiger partial charge in [0.05, 0.1) is 11.1 Å². The number of fused-ring (bicyclic) bond motifs is 1. The highest BCUT2D eigenvalue weighted by Gasteiger charge is 2.15. The first-order valence-corrected chi connectivity index (χ1v) is 6.84. The van der Waals surface area contributed by atoms with Crippen molar-refractivity contribution in [3.8, 4) is 5.69 Å². The molecule has 1 aromatic heterocycles. The van der Waals surface area contributed by atoms with Crippen molar-refractivity contribution in [2.24, 2.45) is 0 Å². The molecule has 1 N–H and O–H groups in total. The van der Waals surface area contributed by atoms with E-state index in [1.807, 2.05) is 41.8 Å². The van der Waals surface area contributed by atoms with Crippen LogP contribution in [0.5, 0.6) is 0 Å². The molecule has 4 nitrogen and oxygen atoms in total. The molecule has 0 amide bonds. The number of nitrogens with zero attached hydrogens (tertiary/aromatic N) is 2. The van der Waals surface area contributed by atoms with Gasteiger partial charge in [-0.1, -0.05) is 28.1 Å². The number of imidazole rings is 1. The largest absolute Gasteiger partial charge is 0.478 e. The topological polar surface area (TPSA) is 55.1 Å². The summed E-state index contributed by atoms with van der Waals surface area (Å²) in [6.07, 6.45) is 0. The van der Waals surface area contributed by atoms with Gasteiger partial charge in [0.25, 0.3) is 0 Å². The summed E-state index contributed by atoms with van der Waals surface area (Å²) in [5, 5.41) is 9.24. The van der Waals surface area contributed by atoms with Gasteiger partial charge in [0.2, 0.25) is 0 Å². The number of aromatic carboxylic acids is 1. The molecule has 0 atom stereocenters. The zero-order valence-electron chi connectivity index (χ0n) is 10.7. The molecule has 0 aliphatic carbocycles. The second kappa shape index (κ2) is 4.76. The van der Waals surface area contributed by atoms with E-state index in [0.717, 1.165) is 21.5 Å². The number of halogens is 1. The van der Waals surface area contributed by atoms with Crippen molar-refractivity contribution < 1.29 is 9.90 Å². The number of hydrogen-bond acceptors (Lipinski definition) is 2. The van der Waals surface area contributed by atoms with Crippen LogP contribution in [0.15, 0.2) is 46.9 Å². The van der Waals surface area contributed by atoms with Crippen LogP contribution < -0.4 is 0 Å². The van der Waals surface area contributed by atoms with Gasteiger partial charge in [0.15, 0.2) is 0 Å². The van der Waals surface area contributed by atoms with E-state index in [2.05, 4.69) is 20.9 Å². The highest BCUT2D eigenvalue weighted by molar-refractivity contribution is 9.10. The molecule has 0 unspecified atom stereocenters. The third-order valence-electron chi connectivity index (χ3n) is 3.15. The SMILES string of the molecule is Cc1nc2c(C(=O)O)cccc2n1-c1cccc(Br)c1. The molecule has 0 saturated carbocycles. The summed E-state index contributed by atoms with van der Waals surface area (Å²) >= 11 is 3.45. The molecule has 20 heavy (non-hydrogen) atoms. The van der Waals surface area contributed by atoms with Crippen LogP contribution in [0, 0.1) is 6.92 Å². The first-order chi connectivity index (χ1) is 9.58. The van der Waals surface area contributed by atoms with Crippen LogP contribution in [-0.2, 0) is 0 Å². The zero-order valence-corrected chi connectivity index (χ0v) is 12.3. The fourth-order valence-corrected chi connectivity index (χ4v) is 2.72. The first kappa shape index (κ1) is 12.9. The minimum absolute atomic E-state index is 0.222. The Hall–Kier alpha value is -2.14. The van der Waals surface area contributed by atoms with Crippen molar-refractivity contribution in [2.45, 2.75) is 6.92 Å². The Morgan fingerprint density at radius 1 is 1.25 bits per heavy atom. The average Bonchev–Trinajstić information content (AvgIpc) is 2.74. The lowest BCUT2D eigenvalue weighted by Gasteiger charge is -2.07. The molecule has 1 heterocycles. The quantitative estimate of drug-likeness (QED) is 0.777. The highest BCUT2D eigenvalue weighted by Crippen LogP contribution is 2.25. The van der Waals surface area contributed by atoms with E-state index in [9.17, 15) is 9.90 Å². The highest BCUT2D eigenvalue weighted by atomic mass is 79.9. The van der Waals surface area contributed by atoms with Gasteiger partial charge >= 0.3 is 5.97 Å². The molecular weight excluding hydrogens is 320 g/mol. The third-order valence-corrected chi connectivity index (χ3v) is 3.64. The number of para-hydroxylation sites is 1. The van der Waals surface area contributed by atoms with Gasteiger partial charge in [-0.05, 0) is 37.3 Å². The maximum Gasteiger partial charge on any atom is 0.337 e. The Morgan fingerprint density at radius 3 is 2.70 bits per heavy atom. The Bertz CT molecular complexity index is 824. The van der Waals surface area contributed by atoms with Gasteiger partial charge in [-0.3, -0.25) is 4.57 Å². The Morgan fingerprint density at radius 2 is 2.00 bits per heavy atom. The molecule has 0 saturated heterocycles. The number of carbonyl (C=O) groups is 1. The van der Waals surface area contributed by atoms with E-state index < -0.39 is 5.97 Å². The average molecular weight is 331 g/mol. The number of aromatic nitrogens is 2. The van der Waals surface area contributed by atoms with Crippen LogP contribution in [0.2, 0.25) is 0 Å². The molecule has 100 valence electrons. The molecule has 3 rings (SSSR count). The van der Waals surface area contributed by atoms with Crippen molar-refractivity contribution in [2.75, 3.05) is 0 Å². The fraction of sp³-hybridized carbons (Fsp3) is 0.0667. The number of rotatable bonds is 2. The van der Waals surface area contributed by atoms with Crippen LogP contribution >= 0.6 is 15.9 Å². The predicted molar refractivity (Wildman–Crippen MR) is 80.5 cm³/mol. The molecule has 0 radical (unpaired) electrons. The van der Waals surface area contributed by atoms with E-state index in [-0.39, 0.29) is 5.56 Å². The second-order valence-electron chi connectivity index (χ2n) is 4.45. The number of aryl methyl sites for hydroxylation is 1. The molecule has 3 aromatic rings. The molecule has 5 heteroatoms. The Balaban J connectivity index is 2.35.